The van der Waals surface area contributed by atoms with Crippen LogP contribution in [0.5, 0.6) is 0 Å². The summed E-state index contributed by atoms with van der Waals surface area (Å²) in [6, 6.07) is 3.78. The molecular formula is C22H35N3O2. The van der Waals surface area contributed by atoms with E-state index >= 15 is 0 Å². The highest BCUT2D eigenvalue weighted by molar-refractivity contribution is 5.94. The summed E-state index contributed by atoms with van der Waals surface area (Å²) in [4.78, 5) is 21.2. The summed E-state index contributed by atoms with van der Waals surface area (Å²) in [7, 11) is 2.11. The maximum atomic E-state index is 12.7. The van der Waals surface area contributed by atoms with Gasteiger partial charge in [-0.2, -0.15) is 0 Å². The molecule has 0 unspecified atom stereocenters. The molecule has 27 heavy (non-hydrogen) atoms. The predicted molar refractivity (Wildman–Crippen MR) is 108 cm³/mol. The molecule has 0 atom stereocenters. The van der Waals surface area contributed by atoms with Crippen molar-refractivity contribution < 1.29 is 9.90 Å². The molecule has 1 saturated carbocycles. The van der Waals surface area contributed by atoms with Crippen molar-refractivity contribution in [2.75, 3.05) is 33.2 Å². The number of amides is 1. The van der Waals surface area contributed by atoms with Gasteiger partial charge in [-0.3, -0.25) is 9.78 Å². The summed E-state index contributed by atoms with van der Waals surface area (Å²) in [5.74, 6) is 0.103. The Kier molecular flexibility index (Phi) is 6.21. The highest BCUT2D eigenvalue weighted by Crippen LogP contribution is 2.47. The van der Waals surface area contributed by atoms with Crippen molar-refractivity contribution >= 4 is 5.91 Å². The van der Waals surface area contributed by atoms with E-state index in [2.05, 4.69) is 23.9 Å². The second kappa shape index (κ2) is 8.27. The van der Waals surface area contributed by atoms with Crippen LogP contribution in [0.3, 0.4) is 0 Å². The number of piperidine rings is 1. The van der Waals surface area contributed by atoms with Gasteiger partial charge in [0.25, 0.3) is 5.91 Å². The van der Waals surface area contributed by atoms with Crippen LogP contribution in [0.4, 0.5) is 0 Å². The Morgan fingerprint density at radius 3 is 2.41 bits per heavy atom. The number of aliphatic hydroxyl groups is 1. The summed E-state index contributed by atoms with van der Waals surface area (Å²) in [5, 5.41) is 11.0. The molecule has 2 heterocycles. The van der Waals surface area contributed by atoms with Gasteiger partial charge in [-0.1, -0.05) is 6.92 Å². The number of likely N-dealkylation sites (tertiary alicyclic amines) is 1. The number of hydrogen-bond donors (Lipinski definition) is 1. The van der Waals surface area contributed by atoms with Crippen LogP contribution in [-0.4, -0.2) is 64.6 Å². The third kappa shape index (κ3) is 4.88. The topological polar surface area (TPSA) is 56.7 Å². The lowest BCUT2D eigenvalue weighted by molar-refractivity contribution is -0.0643. The molecular weight excluding hydrogens is 338 g/mol. The molecule has 0 radical (unpaired) electrons. The maximum absolute atomic E-state index is 12.7. The van der Waals surface area contributed by atoms with Gasteiger partial charge in [0.15, 0.2) is 0 Å². The van der Waals surface area contributed by atoms with Crippen LogP contribution < -0.4 is 0 Å². The Morgan fingerprint density at radius 1 is 1.19 bits per heavy atom. The second-order valence-corrected chi connectivity index (χ2v) is 8.94. The zero-order chi connectivity index (χ0) is 19.5. The number of rotatable bonds is 5. The van der Waals surface area contributed by atoms with E-state index in [1.165, 1.54) is 0 Å². The van der Waals surface area contributed by atoms with Gasteiger partial charge in [-0.05, 0) is 83.0 Å². The molecule has 3 rings (SSSR count). The normalized spacial score (nSPS) is 21.6. The van der Waals surface area contributed by atoms with Crippen molar-refractivity contribution in [3.05, 3.63) is 29.6 Å². The molecule has 0 bridgehead atoms. The van der Waals surface area contributed by atoms with E-state index < -0.39 is 5.60 Å². The number of nitrogens with zero attached hydrogens (tertiary/aromatic N) is 3. The molecule has 2 aliphatic rings. The summed E-state index contributed by atoms with van der Waals surface area (Å²) >= 11 is 0. The first kappa shape index (κ1) is 20.3. The van der Waals surface area contributed by atoms with E-state index in [1.807, 2.05) is 24.0 Å². The van der Waals surface area contributed by atoms with E-state index in [0.29, 0.717) is 11.0 Å². The smallest absolute Gasteiger partial charge is 0.255 e. The quantitative estimate of drug-likeness (QED) is 0.861. The number of aryl methyl sites for hydroxylation is 1. The molecule has 150 valence electrons. The molecule has 1 spiro atoms. The summed E-state index contributed by atoms with van der Waals surface area (Å²) in [6.45, 7) is 7.57. The average Bonchev–Trinajstić information content (AvgIpc) is 2.65. The molecule has 1 amide bonds. The van der Waals surface area contributed by atoms with Gasteiger partial charge in [0.05, 0.1) is 11.2 Å². The van der Waals surface area contributed by atoms with Crippen molar-refractivity contribution in [3.8, 4) is 0 Å². The molecule has 1 aromatic rings. The standard InChI is InChI=1S/C22H35N3O2/c1-4-13-24(3)17-22(27)9-7-21(8-10-22)11-14-25(15-12-21)20(26)19-6-5-18(2)23-16-19/h5-6,16,27H,4,7-15,17H2,1-3H3. The molecule has 1 aliphatic heterocycles. The minimum Gasteiger partial charge on any atom is -0.389 e. The van der Waals surface area contributed by atoms with Crippen molar-refractivity contribution in [1.82, 2.24) is 14.8 Å². The first-order valence-electron chi connectivity index (χ1n) is 10.5. The Bertz CT molecular complexity index is 625. The Balaban J connectivity index is 1.52. The van der Waals surface area contributed by atoms with Crippen molar-refractivity contribution in [1.29, 1.82) is 0 Å². The number of carbonyl (C=O) groups is 1. The minimum absolute atomic E-state index is 0.103. The van der Waals surface area contributed by atoms with Gasteiger partial charge in [0.2, 0.25) is 0 Å². The van der Waals surface area contributed by atoms with E-state index in [0.717, 1.165) is 76.8 Å². The van der Waals surface area contributed by atoms with Crippen LogP contribution in [0.25, 0.3) is 0 Å². The molecule has 5 heteroatoms. The minimum atomic E-state index is -0.532. The van der Waals surface area contributed by atoms with Gasteiger partial charge >= 0.3 is 0 Å². The Morgan fingerprint density at radius 2 is 1.85 bits per heavy atom. The van der Waals surface area contributed by atoms with Crippen LogP contribution >= 0.6 is 0 Å². The fraction of sp³-hybridized carbons (Fsp3) is 0.727. The third-order valence-electron chi connectivity index (χ3n) is 6.68. The van der Waals surface area contributed by atoms with Crippen LogP contribution in [0.15, 0.2) is 18.3 Å². The number of hydrogen-bond acceptors (Lipinski definition) is 4. The fourth-order valence-corrected chi connectivity index (χ4v) is 4.83. The molecule has 1 N–H and O–H groups in total. The van der Waals surface area contributed by atoms with Gasteiger partial charge < -0.3 is 14.9 Å². The molecule has 1 aromatic heterocycles. The number of aromatic nitrogens is 1. The lowest BCUT2D eigenvalue weighted by atomic mass is 9.64. The maximum Gasteiger partial charge on any atom is 0.255 e. The fourth-order valence-electron chi connectivity index (χ4n) is 4.83. The monoisotopic (exact) mass is 373 g/mol. The molecule has 0 aromatic carbocycles. The van der Waals surface area contributed by atoms with Crippen molar-refractivity contribution in [3.63, 3.8) is 0 Å². The second-order valence-electron chi connectivity index (χ2n) is 8.94. The van der Waals surface area contributed by atoms with Gasteiger partial charge in [0, 0.05) is 31.5 Å². The van der Waals surface area contributed by atoms with Gasteiger partial charge in [-0.25, -0.2) is 0 Å². The van der Waals surface area contributed by atoms with E-state index in [9.17, 15) is 9.90 Å². The Labute approximate surface area is 163 Å². The van der Waals surface area contributed by atoms with Gasteiger partial charge in [0.1, 0.15) is 0 Å². The van der Waals surface area contributed by atoms with Crippen LogP contribution in [-0.2, 0) is 0 Å². The zero-order valence-corrected chi connectivity index (χ0v) is 17.2. The largest absolute Gasteiger partial charge is 0.389 e. The highest BCUT2D eigenvalue weighted by Gasteiger charge is 2.44. The third-order valence-corrected chi connectivity index (χ3v) is 6.68. The number of likely N-dealkylation sites (N-methyl/N-ethyl adjacent to an activating group) is 1. The molecule has 5 nitrogen and oxygen atoms in total. The average molecular weight is 374 g/mol. The van der Waals surface area contributed by atoms with Crippen molar-refractivity contribution in [2.45, 2.75) is 64.4 Å². The number of carbonyl (C=O) groups excluding carboxylic acids is 1. The summed E-state index contributed by atoms with van der Waals surface area (Å²) in [5.41, 5.74) is 1.41. The van der Waals surface area contributed by atoms with Crippen LogP contribution in [0.2, 0.25) is 0 Å². The van der Waals surface area contributed by atoms with E-state index in [1.54, 1.807) is 6.20 Å². The lowest BCUT2D eigenvalue weighted by Gasteiger charge is -2.49. The van der Waals surface area contributed by atoms with Crippen LogP contribution in [0, 0.1) is 12.3 Å². The van der Waals surface area contributed by atoms with Gasteiger partial charge in [-0.15, -0.1) is 0 Å². The first-order chi connectivity index (χ1) is 12.8. The van der Waals surface area contributed by atoms with Crippen molar-refractivity contribution in [2.24, 2.45) is 5.41 Å². The zero-order valence-electron chi connectivity index (χ0n) is 17.2. The summed E-state index contributed by atoms with van der Waals surface area (Å²) in [6.07, 6.45) is 8.85. The van der Waals surface area contributed by atoms with E-state index in [4.69, 9.17) is 0 Å². The molecule has 1 aliphatic carbocycles. The SMILES string of the molecule is CCCN(C)CC1(O)CCC2(CCN(C(=O)c3ccc(C)nc3)CC2)CC1. The predicted octanol–water partition coefficient (Wildman–Crippen LogP) is 3.26. The highest BCUT2D eigenvalue weighted by atomic mass is 16.3. The Hall–Kier alpha value is -1.46. The van der Waals surface area contributed by atoms with E-state index in [-0.39, 0.29) is 5.91 Å². The molecule has 1 saturated heterocycles. The van der Waals surface area contributed by atoms with Crippen LogP contribution in [0.1, 0.15) is 67.9 Å². The summed E-state index contributed by atoms with van der Waals surface area (Å²) < 4.78 is 0. The first-order valence-corrected chi connectivity index (χ1v) is 10.5. The lowest BCUT2D eigenvalue weighted by Crippen LogP contribution is -2.50. The number of pyridine rings is 1. The molecule has 2 fully saturated rings.